The van der Waals surface area contributed by atoms with Gasteiger partial charge in [0.2, 0.25) is 0 Å². The van der Waals surface area contributed by atoms with Crippen LogP contribution in [0.4, 0.5) is 0 Å². The van der Waals surface area contributed by atoms with Crippen LogP contribution in [0.2, 0.25) is 13.1 Å². The fraction of sp³-hybridized carbons (Fsp3) is 0.467. The molecule has 1 heteroatoms. The van der Waals surface area contributed by atoms with Crippen molar-refractivity contribution < 1.29 is 0 Å². The third-order valence-corrected chi connectivity index (χ3v) is 5.65. The first-order chi connectivity index (χ1) is 7.36. The fourth-order valence-corrected chi connectivity index (χ4v) is 2.82. The van der Waals surface area contributed by atoms with E-state index in [4.69, 9.17) is 0 Å². The molecule has 0 saturated heterocycles. The summed E-state index contributed by atoms with van der Waals surface area (Å²) in [7, 11) is -0.318. The van der Waals surface area contributed by atoms with Crippen LogP contribution < -0.4 is 0 Å². The average Bonchev–Trinajstić information content (AvgIpc) is 2.24. The molecule has 16 heavy (non-hydrogen) atoms. The highest BCUT2D eigenvalue weighted by molar-refractivity contribution is 6.65. The second-order valence-electron chi connectivity index (χ2n) is 4.93. The second kappa shape index (κ2) is 5.01. The van der Waals surface area contributed by atoms with Gasteiger partial charge in [-0.05, 0) is 62.4 Å². The SMILES string of the molecule is CC(=C(C)[Si](C)C)c1ccc(C)c(C)c1C. The summed E-state index contributed by atoms with van der Waals surface area (Å²) in [6.07, 6.45) is 0. The van der Waals surface area contributed by atoms with E-state index in [0.717, 1.165) is 0 Å². The number of aryl methyl sites for hydroxylation is 1. The molecule has 0 N–H and O–H groups in total. The Kier molecular flexibility index (Phi) is 4.14. The van der Waals surface area contributed by atoms with Gasteiger partial charge in [0, 0.05) is 0 Å². The number of benzene rings is 1. The lowest BCUT2D eigenvalue weighted by Crippen LogP contribution is -2.05. The quantitative estimate of drug-likeness (QED) is 0.647. The van der Waals surface area contributed by atoms with E-state index in [1.165, 1.54) is 27.8 Å². The Morgan fingerprint density at radius 3 is 2.00 bits per heavy atom. The van der Waals surface area contributed by atoms with Crippen LogP contribution in [0, 0.1) is 20.8 Å². The first-order valence-electron chi connectivity index (χ1n) is 5.91. The van der Waals surface area contributed by atoms with Crippen LogP contribution in [0.25, 0.3) is 5.57 Å². The van der Waals surface area contributed by atoms with Crippen LogP contribution >= 0.6 is 0 Å². The molecule has 0 saturated carbocycles. The molecule has 0 fully saturated rings. The van der Waals surface area contributed by atoms with Crippen LogP contribution in [-0.2, 0) is 0 Å². The Hall–Kier alpha value is -0.823. The zero-order valence-electron chi connectivity index (χ0n) is 11.7. The van der Waals surface area contributed by atoms with Crippen molar-refractivity contribution in [1.29, 1.82) is 0 Å². The lowest BCUT2D eigenvalue weighted by atomic mass is 9.94. The van der Waals surface area contributed by atoms with Crippen LogP contribution in [0.3, 0.4) is 0 Å². The van der Waals surface area contributed by atoms with E-state index in [2.05, 4.69) is 59.8 Å². The molecule has 0 aliphatic rings. The van der Waals surface area contributed by atoms with E-state index in [0.29, 0.717) is 0 Å². The monoisotopic (exact) mass is 231 g/mol. The lowest BCUT2D eigenvalue weighted by molar-refractivity contribution is 1.24. The maximum atomic E-state index is 2.36. The Balaban J connectivity index is 3.36. The van der Waals surface area contributed by atoms with Crippen LogP contribution in [0.1, 0.15) is 36.1 Å². The van der Waals surface area contributed by atoms with Crippen LogP contribution in [-0.4, -0.2) is 8.80 Å². The highest BCUT2D eigenvalue weighted by Gasteiger charge is 2.09. The summed E-state index contributed by atoms with van der Waals surface area (Å²) in [5.74, 6) is 0. The minimum atomic E-state index is -0.318. The van der Waals surface area contributed by atoms with Gasteiger partial charge in [-0.3, -0.25) is 0 Å². The van der Waals surface area contributed by atoms with Crippen molar-refractivity contribution in [2.75, 3.05) is 0 Å². The van der Waals surface area contributed by atoms with Gasteiger partial charge < -0.3 is 0 Å². The molecule has 0 nitrogen and oxygen atoms in total. The van der Waals surface area contributed by atoms with Gasteiger partial charge in [-0.25, -0.2) is 0 Å². The van der Waals surface area contributed by atoms with Gasteiger partial charge in [-0.2, -0.15) is 0 Å². The molecule has 0 amide bonds. The van der Waals surface area contributed by atoms with Crippen molar-refractivity contribution >= 4 is 14.4 Å². The summed E-state index contributed by atoms with van der Waals surface area (Å²) in [5, 5.41) is 1.59. The standard InChI is InChI=1S/C15H23Si/c1-10-8-9-15(12(3)11(10)2)13(4)14(5)16(6)7/h8-9H,1-7H3. The second-order valence-corrected chi connectivity index (χ2v) is 7.68. The van der Waals surface area contributed by atoms with Crippen molar-refractivity contribution in [3.8, 4) is 0 Å². The first-order valence-corrected chi connectivity index (χ1v) is 8.41. The van der Waals surface area contributed by atoms with Gasteiger partial charge in [-0.1, -0.05) is 30.4 Å². The third kappa shape index (κ3) is 2.46. The predicted octanol–water partition coefficient (Wildman–Crippen LogP) is 4.70. The zero-order chi connectivity index (χ0) is 12.5. The summed E-state index contributed by atoms with van der Waals surface area (Å²) in [6.45, 7) is 15.9. The van der Waals surface area contributed by atoms with Gasteiger partial charge in [0.15, 0.2) is 0 Å². The van der Waals surface area contributed by atoms with E-state index in [1.807, 2.05) is 0 Å². The molecular weight excluding hydrogens is 208 g/mol. The molecular formula is C15H23Si. The number of rotatable bonds is 2. The highest BCUT2D eigenvalue weighted by Crippen LogP contribution is 2.26. The number of hydrogen-bond donors (Lipinski definition) is 0. The van der Waals surface area contributed by atoms with Crippen LogP contribution in [0.15, 0.2) is 17.3 Å². The highest BCUT2D eigenvalue weighted by atomic mass is 28.3. The van der Waals surface area contributed by atoms with E-state index >= 15 is 0 Å². The molecule has 0 spiro atoms. The topological polar surface area (TPSA) is 0 Å². The zero-order valence-corrected chi connectivity index (χ0v) is 12.7. The van der Waals surface area contributed by atoms with Gasteiger partial charge >= 0.3 is 0 Å². The Morgan fingerprint density at radius 2 is 1.50 bits per heavy atom. The minimum absolute atomic E-state index is 0.318. The molecule has 1 aromatic carbocycles. The molecule has 1 aromatic rings. The molecule has 87 valence electrons. The van der Waals surface area contributed by atoms with E-state index in [-0.39, 0.29) is 8.80 Å². The fourth-order valence-electron chi connectivity index (χ4n) is 1.94. The molecule has 0 atom stereocenters. The van der Waals surface area contributed by atoms with Crippen molar-refractivity contribution in [3.63, 3.8) is 0 Å². The normalized spacial score (nSPS) is 13.0. The Bertz CT molecular complexity index is 425. The van der Waals surface area contributed by atoms with Gasteiger partial charge in [-0.15, -0.1) is 0 Å². The molecule has 0 aromatic heterocycles. The van der Waals surface area contributed by atoms with Crippen molar-refractivity contribution in [2.24, 2.45) is 0 Å². The van der Waals surface area contributed by atoms with Crippen molar-refractivity contribution in [3.05, 3.63) is 39.6 Å². The molecule has 1 rings (SSSR count). The summed E-state index contributed by atoms with van der Waals surface area (Å²) in [4.78, 5) is 0. The lowest BCUT2D eigenvalue weighted by Gasteiger charge is -2.15. The van der Waals surface area contributed by atoms with E-state index < -0.39 is 0 Å². The molecule has 0 aliphatic heterocycles. The van der Waals surface area contributed by atoms with Crippen molar-refractivity contribution in [1.82, 2.24) is 0 Å². The molecule has 1 radical (unpaired) electrons. The van der Waals surface area contributed by atoms with E-state index in [9.17, 15) is 0 Å². The Labute approximate surface area is 102 Å². The van der Waals surface area contributed by atoms with E-state index in [1.54, 1.807) is 5.20 Å². The summed E-state index contributed by atoms with van der Waals surface area (Å²) in [6, 6.07) is 4.52. The number of hydrogen-bond acceptors (Lipinski definition) is 0. The number of allylic oxidation sites excluding steroid dienone is 2. The molecule has 0 aliphatic carbocycles. The molecule has 0 heterocycles. The van der Waals surface area contributed by atoms with Crippen LogP contribution in [0.5, 0.6) is 0 Å². The summed E-state index contributed by atoms with van der Waals surface area (Å²) in [5.41, 5.74) is 7.20. The van der Waals surface area contributed by atoms with Gasteiger partial charge in [0.25, 0.3) is 0 Å². The maximum absolute atomic E-state index is 2.36. The smallest absolute Gasteiger partial charge is 0.0736 e. The molecule has 0 unspecified atom stereocenters. The average molecular weight is 231 g/mol. The van der Waals surface area contributed by atoms with Gasteiger partial charge in [0.05, 0.1) is 8.80 Å². The largest absolute Gasteiger partial charge is 0.0827 e. The van der Waals surface area contributed by atoms with Gasteiger partial charge in [0.1, 0.15) is 0 Å². The minimum Gasteiger partial charge on any atom is -0.0827 e. The molecule has 0 bridgehead atoms. The predicted molar refractivity (Wildman–Crippen MR) is 76.4 cm³/mol. The Morgan fingerprint density at radius 1 is 0.938 bits per heavy atom. The summed E-state index contributed by atoms with van der Waals surface area (Å²) < 4.78 is 0. The maximum Gasteiger partial charge on any atom is 0.0736 e. The first kappa shape index (κ1) is 13.2. The van der Waals surface area contributed by atoms with Crippen molar-refractivity contribution in [2.45, 2.75) is 47.7 Å². The summed E-state index contributed by atoms with van der Waals surface area (Å²) >= 11 is 0. The third-order valence-electron chi connectivity index (χ3n) is 3.77.